The predicted molar refractivity (Wildman–Crippen MR) is 85.7 cm³/mol. The molecule has 0 amide bonds. The van der Waals surface area contributed by atoms with Crippen molar-refractivity contribution in [1.82, 2.24) is 9.88 Å². The van der Waals surface area contributed by atoms with Crippen LogP contribution in [-0.2, 0) is 4.74 Å². The average molecular weight is 293 g/mol. The molecule has 1 rings (SSSR count). The van der Waals surface area contributed by atoms with E-state index in [1.165, 1.54) is 7.11 Å². The molecule has 0 spiro atoms. The van der Waals surface area contributed by atoms with Gasteiger partial charge in [-0.05, 0) is 45.5 Å². The van der Waals surface area contributed by atoms with E-state index in [0.29, 0.717) is 23.2 Å². The zero-order chi connectivity index (χ0) is 16.0. The minimum atomic E-state index is -0.349. The number of ether oxygens (including phenoxy) is 1. The lowest BCUT2D eigenvalue weighted by atomic mass is 10.0. The van der Waals surface area contributed by atoms with E-state index >= 15 is 0 Å². The highest BCUT2D eigenvalue weighted by Crippen LogP contribution is 2.15. The molecule has 0 fully saturated rings. The molecule has 1 atom stereocenters. The minimum Gasteiger partial charge on any atom is -0.465 e. The molecule has 5 heteroatoms. The van der Waals surface area contributed by atoms with Crippen LogP contribution in [0.3, 0.4) is 0 Å². The Balaban J connectivity index is 2.84. The average Bonchev–Trinajstić information content (AvgIpc) is 2.36. The van der Waals surface area contributed by atoms with Gasteiger partial charge in [0.25, 0.3) is 0 Å². The van der Waals surface area contributed by atoms with E-state index in [9.17, 15) is 4.79 Å². The van der Waals surface area contributed by atoms with Crippen LogP contribution in [0.25, 0.3) is 0 Å². The van der Waals surface area contributed by atoms with Gasteiger partial charge in [0.05, 0.1) is 18.4 Å². The van der Waals surface area contributed by atoms with Crippen molar-refractivity contribution >= 4 is 11.8 Å². The quantitative estimate of drug-likeness (QED) is 0.783. The summed E-state index contributed by atoms with van der Waals surface area (Å²) in [5, 5.41) is 3.46. The van der Waals surface area contributed by atoms with Gasteiger partial charge in [0.15, 0.2) is 0 Å². The van der Waals surface area contributed by atoms with E-state index in [1.807, 2.05) is 13.0 Å². The lowest BCUT2D eigenvalue weighted by Crippen LogP contribution is -2.33. The summed E-state index contributed by atoms with van der Waals surface area (Å²) in [5.74, 6) is 1.06. The number of rotatable bonds is 7. The molecule has 1 aromatic rings. The molecule has 5 nitrogen and oxygen atoms in total. The van der Waals surface area contributed by atoms with E-state index < -0.39 is 0 Å². The van der Waals surface area contributed by atoms with Crippen molar-refractivity contribution < 1.29 is 9.53 Å². The van der Waals surface area contributed by atoms with Gasteiger partial charge in [-0.1, -0.05) is 13.8 Å². The maximum Gasteiger partial charge on any atom is 0.339 e. The number of likely N-dealkylation sites (N-methyl/N-ethyl adjacent to an activating group) is 1. The van der Waals surface area contributed by atoms with Gasteiger partial charge in [-0.15, -0.1) is 0 Å². The SMILES string of the molecule is COC(=O)c1ccc(NC(CC(C)C)CN(C)C)nc1C. The lowest BCUT2D eigenvalue weighted by Gasteiger charge is -2.24. The summed E-state index contributed by atoms with van der Waals surface area (Å²) in [7, 11) is 5.51. The second kappa shape index (κ2) is 7.98. The number of aryl methyl sites for hydroxylation is 1. The minimum absolute atomic E-state index is 0.330. The van der Waals surface area contributed by atoms with Crippen LogP contribution < -0.4 is 5.32 Å². The van der Waals surface area contributed by atoms with Crippen LogP contribution in [0.4, 0.5) is 5.82 Å². The van der Waals surface area contributed by atoms with Crippen molar-refractivity contribution in [2.75, 3.05) is 33.1 Å². The molecule has 118 valence electrons. The van der Waals surface area contributed by atoms with Crippen molar-refractivity contribution in [2.45, 2.75) is 33.2 Å². The number of aromatic nitrogens is 1. The zero-order valence-electron chi connectivity index (χ0n) is 13.9. The topological polar surface area (TPSA) is 54.5 Å². The molecule has 0 bridgehead atoms. The molecule has 0 aliphatic rings. The van der Waals surface area contributed by atoms with Gasteiger partial charge in [0.2, 0.25) is 0 Å². The summed E-state index contributed by atoms with van der Waals surface area (Å²) in [5.41, 5.74) is 1.19. The van der Waals surface area contributed by atoms with Crippen LogP contribution in [0.15, 0.2) is 12.1 Å². The maximum atomic E-state index is 11.6. The van der Waals surface area contributed by atoms with E-state index in [2.05, 4.69) is 43.1 Å². The van der Waals surface area contributed by atoms with Crippen molar-refractivity contribution in [1.29, 1.82) is 0 Å². The molecule has 1 heterocycles. The van der Waals surface area contributed by atoms with Crippen molar-refractivity contribution in [3.8, 4) is 0 Å². The fraction of sp³-hybridized carbons (Fsp3) is 0.625. The third kappa shape index (κ3) is 5.71. The van der Waals surface area contributed by atoms with Crippen LogP contribution in [0.1, 0.15) is 36.3 Å². The normalized spacial score (nSPS) is 12.6. The molecule has 21 heavy (non-hydrogen) atoms. The van der Waals surface area contributed by atoms with Crippen molar-refractivity contribution in [3.05, 3.63) is 23.4 Å². The second-order valence-electron chi connectivity index (χ2n) is 6.05. The highest BCUT2D eigenvalue weighted by atomic mass is 16.5. The monoisotopic (exact) mass is 293 g/mol. The third-order valence-corrected chi connectivity index (χ3v) is 3.18. The number of methoxy groups -OCH3 is 1. The molecule has 0 aliphatic carbocycles. The van der Waals surface area contributed by atoms with Crippen LogP contribution in [0.5, 0.6) is 0 Å². The summed E-state index contributed by atoms with van der Waals surface area (Å²) < 4.78 is 4.74. The van der Waals surface area contributed by atoms with Crippen LogP contribution in [0, 0.1) is 12.8 Å². The van der Waals surface area contributed by atoms with Gasteiger partial charge in [0.1, 0.15) is 5.82 Å². The van der Waals surface area contributed by atoms with Gasteiger partial charge in [-0.25, -0.2) is 9.78 Å². The molecular formula is C16H27N3O2. The Kier molecular flexibility index (Phi) is 6.62. The number of pyridine rings is 1. The van der Waals surface area contributed by atoms with Crippen LogP contribution in [0.2, 0.25) is 0 Å². The first kappa shape index (κ1) is 17.4. The Morgan fingerprint density at radius 3 is 2.52 bits per heavy atom. The molecule has 1 N–H and O–H groups in total. The summed E-state index contributed by atoms with van der Waals surface area (Å²) in [6.07, 6.45) is 1.07. The molecule has 0 saturated heterocycles. The Morgan fingerprint density at radius 2 is 2.05 bits per heavy atom. The number of anilines is 1. The molecule has 0 radical (unpaired) electrons. The van der Waals surface area contributed by atoms with Gasteiger partial charge < -0.3 is 15.0 Å². The molecule has 0 saturated carbocycles. The van der Waals surface area contributed by atoms with Gasteiger partial charge in [-0.2, -0.15) is 0 Å². The molecule has 0 aliphatic heterocycles. The molecular weight excluding hydrogens is 266 g/mol. The van der Waals surface area contributed by atoms with E-state index in [-0.39, 0.29) is 5.97 Å². The summed E-state index contributed by atoms with van der Waals surface area (Å²) in [4.78, 5) is 18.2. The second-order valence-corrected chi connectivity index (χ2v) is 6.05. The Bertz CT molecular complexity index is 463. The number of esters is 1. The first-order valence-corrected chi connectivity index (χ1v) is 7.30. The fourth-order valence-corrected chi connectivity index (χ4v) is 2.37. The van der Waals surface area contributed by atoms with Crippen LogP contribution in [-0.4, -0.2) is 49.6 Å². The highest BCUT2D eigenvalue weighted by Gasteiger charge is 2.15. The van der Waals surface area contributed by atoms with E-state index in [4.69, 9.17) is 4.74 Å². The Morgan fingerprint density at radius 1 is 1.38 bits per heavy atom. The third-order valence-electron chi connectivity index (χ3n) is 3.18. The Labute approximate surface area is 127 Å². The van der Waals surface area contributed by atoms with Gasteiger partial charge >= 0.3 is 5.97 Å². The van der Waals surface area contributed by atoms with Gasteiger partial charge in [-0.3, -0.25) is 0 Å². The largest absolute Gasteiger partial charge is 0.465 e. The van der Waals surface area contributed by atoms with Crippen LogP contribution >= 0.6 is 0 Å². The fourth-order valence-electron chi connectivity index (χ4n) is 2.37. The number of carbonyl (C=O) groups excluding carboxylic acids is 1. The molecule has 1 unspecified atom stereocenters. The number of carbonyl (C=O) groups is 1. The number of nitrogens with one attached hydrogen (secondary N) is 1. The van der Waals surface area contributed by atoms with Crippen molar-refractivity contribution in [3.63, 3.8) is 0 Å². The standard InChI is InChI=1S/C16H27N3O2/c1-11(2)9-13(10-19(4)5)18-15-8-7-14(12(3)17-15)16(20)21-6/h7-8,11,13H,9-10H2,1-6H3,(H,17,18). The van der Waals surface area contributed by atoms with Crippen molar-refractivity contribution in [2.24, 2.45) is 5.92 Å². The predicted octanol–water partition coefficient (Wildman–Crippen LogP) is 2.56. The highest BCUT2D eigenvalue weighted by molar-refractivity contribution is 5.90. The molecule has 1 aromatic heterocycles. The maximum absolute atomic E-state index is 11.6. The number of nitrogens with zero attached hydrogens (tertiary/aromatic N) is 2. The first-order valence-electron chi connectivity index (χ1n) is 7.30. The van der Waals surface area contributed by atoms with E-state index in [0.717, 1.165) is 18.8 Å². The van der Waals surface area contributed by atoms with E-state index in [1.54, 1.807) is 6.07 Å². The Hall–Kier alpha value is -1.62. The number of hydrogen-bond acceptors (Lipinski definition) is 5. The first-order chi connectivity index (χ1) is 9.83. The summed E-state index contributed by atoms with van der Waals surface area (Å²) >= 11 is 0. The number of hydrogen-bond donors (Lipinski definition) is 1. The smallest absolute Gasteiger partial charge is 0.339 e. The summed E-state index contributed by atoms with van der Waals surface area (Å²) in [6, 6.07) is 3.93. The van der Waals surface area contributed by atoms with Gasteiger partial charge in [0, 0.05) is 12.6 Å². The molecule has 0 aromatic carbocycles. The zero-order valence-corrected chi connectivity index (χ0v) is 13.9. The summed E-state index contributed by atoms with van der Waals surface area (Å²) in [6.45, 7) is 7.19. The lowest BCUT2D eigenvalue weighted by molar-refractivity contribution is 0.0599.